The number of hydrogen-bond donors (Lipinski definition) is 2. The third kappa shape index (κ3) is 3.71. The Morgan fingerprint density at radius 2 is 1.81 bits per heavy atom. The molecule has 7 nitrogen and oxygen atoms in total. The molecule has 0 aliphatic carbocycles. The SMILES string of the molecule is CS(=O)(=O)c1ccc2c(Nc3ccc(Cl)c(-c4nc5ccccc5[nH]4)c3)ncnc2c1. The van der Waals surface area contributed by atoms with Crippen molar-refractivity contribution in [3.63, 3.8) is 0 Å². The van der Waals surface area contributed by atoms with E-state index in [1.807, 2.05) is 36.4 Å². The number of benzene rings is 3. The third-order valence-electron chi connectivity index (χ3n) is 4.91. The highest BCUT2D eigenvalue weighted by Crippen LogP contribution is 2.32. The number of imidazole rings is 1. The van der Waals surface area contributed by atoms with Gasteiger partial charge in [0.15, 0.2) is 9.84 Å². The second-order valence-electron chi connectivity index (χ2n) is 7.10. The van der Waals surface area contributed by atoms with Gasteiger partial charge in [-0.05, 0) is 48.5 Å². The standard InChI is InChI=1S/C22H16ClN5O2S/c1-31(29,30)14-7-8-15-20(11-14)24-12-25-21(15)26-13-6-9-17(23)16(10-13)22-27-18-4-2-3-5-19(18)28-22/h2-12H,1H3,(H,27,28)(H,24,25,26). The fourth-order valence-electron chi connectivity index (χ4n) is 3.37. The van der Waals surface area contributed by atoms with Crippen molar-refractivity contribution in [1.82, 2.24) is 19.9 Å². The monoisotopic (exact) mass is 449 g/mol. The molecular weight excluding hydrogens is 434 g/mol. The Morgan fingerprint density at radius 1 is 0.968 bits per heavy atom. The summed E-state index contributed by atoms with van der Waals surface area (Å²) >= 11 is 6.45. The van der Waals surface area contributed by atoms with E-state index in [2.05, 4.69) is 25.3 Å². The summed E-state index contributed by atoms with van der Waals surface area (Å²) in [5.41, 5.74) is 3.82. The first-order valence-electron chi connectivity index (χ1n) is 9.35. The number of hydrogen-bond acceptors (Lipinski definition) is 6. The zero-order valence-corrected chi connectivity index (χ0v) is 17.9. The first-order chi connectivity index (χ1) is 14.9. The maximum absolute atomic E-state index is 11.8. The Morgan fingerprint density at radius 3 is 2.61 bits per heavy atom. The van der Waals surface area contributed by atoms with Gasteiger partial charge in [0.25, 0.3) is 0 Å². The van der Waals surface area contributed by atoms with Gasteiger partial charge in [-0.3, -0.25) is 0 Å². The molecule has 0 saturated carbocycles. The third-order valence-corrected chi connectivity index (χ3v) is 6.35. The van der Waals surface area contributed by atoms with Gasteiger partial charge in [-0.15, -0.1) is 0 Å². The summed E-state index contributed by atoms with van der Waals surface area (Å²) < 4.78 is 23.7. The van der Waals surface area contributed by atoms with Gasteiger partial charge in [-0.2, -0.15) is 0 Å². The zero-order valence-electron chi connectivity index (χ0n) is 16.3. The lowest BCUT2D eigenvalue weighted by Crippen LogP contribution is -2.00. The van der Waals surface area contributed by atoms with Crippen LogP contribution in [0.5, 0.6) is 0 Å². The summed E-state index contributed by atoms with van der Waals surface area (Å²) in [6, 6.07) is 18.1. The number of anilines is 2. The van der Waals surface area contributed by atoms with E-state index in [9.17, 15) is 8.42 Å². The van der Waals surface area contributed by atoms with Crippen LogP contribution in [0.2, 0.25) is 5.02 Å². The lowest BCUT2D eigenvalue weighted by Gasteiger charge is -2.11. The number of halogens is 1. The normalized spacial score (nSPS) is 11.8. The van der Waals surface area contributed by atoms with E-state index in [-0.39, 0.29) is 4.90 Å². The summed E-state index contributed by atoms with van der Waals surface area (Å²) in [6.45, 7) is 0. The molecule has 0 amide bonds. The minimum absolute atomic E-state index is 0.211. The molecule has 0 fully saturated rings. The van der Waals surface area contributed by atoms with E-state index >= 15 is 0 Å². The van der Waals surface area contributed by atoms with E-state index in [4.69, 9.17) is 11.6 Å². The smallest absolute Gasteiger partial charge is 0.175 e. The molecule has 0 unspecified atom stereocenters. The highest BCUT2D eigenvalue weighted by atomic mass is 35.5. The predicted octanol–water partition coefficient (Wildman–Crippen LogP) is 4.97. The van der Waals surface area contributed by atoms with Crippen molar-refractivity contribution < 1.29 is 8.42 Å². The van der Waals surface area contributed by atoms with E-state index in [1.165, 1.54) is 12.6 Å². The van der Waals surface area contributed by atoms with Gasteiger partial charge in [0.2, 0.25) is 0 Å². The lowest BCUT2D eigenvalue weighted by molar-refractivity contribution is 0.602. The van der Waals surface area contributed by atoms with Crippen LogP contribution in [0.15, 0.2) is 71.9 Å². The minimum Gasteiger partial charge on any atom is -0.340 e. The van der Waals surface area contributed by atoms with Gasteiger partial charge in [0.1, 0.15) is 18.0 Å². The Bertz CT molecular complexity index is 1530. The lowest BCUT2D eigenvalue weighted by atomic mass is 10.1. The van der Waals surface area contributed by atoms with Crippen molar-refractivity contribution in [3.05, 3.63) is 72.0 Å². The van der Waals surface area contributed by atoms with Crippen LogP contribution in [0.3, 0.4) is 0 Å². The molecule has 0 spiro atoms. The van der Waals surface area contributed by atoms with Gasteiger partial charge in [0, 0.05) is 22.9 Å². The maximum Gasteiger partial charge on any atom is 0.175 e. The maximum atomic E-state index is 11.8. The van der Waals surface area contributed by atoms with Gasteiger partial charge in [-0.25, -0.2) is 23.4 Å². The van der Waals surface area contributed by atoms with Gasteiger partial charge >= 0.3 is 0 Å². The zero-order chi connectivity index (χ0) is 21.6. The van der Waals surface area contributed by atoms with E-state index in [0.29, 0.717) is 27.6 Å². The van der Waals surface area contributed by atoms with Crippen molar-refractivity contribution in [1.29, 1.82) is 0 Å². The second kappa shape index (κ2) is 7.33. The van der Waals surface area contributed by atoms with Crippen LogP contribution < -0.4 is 5.32 Å². The van der Waals surface area contributed by atoms with E-state index in [1.54, 1.807) is 24.3 Å². The molecule has 154 valence electrons. The first-order valence-corrected chi connectivity index (χ1v) is 11.6. The van der Waals surface area contributed by atoms with Crippen LogP contribution in [0.25, 0.3) is 33.3 Å². The molecular formula is C22H16ClN5O2S. The van der Waals surface area contributed by atoms with Crippen molar-refractivity contribution >= 4 is 54.9 Å². The Labute approximate surface area is 183 Å². The highest BCUT2D eigenvalue weighted by Gasteiger charge is 2.13. The van der Waals surface area contributed by atoms with Crippen molar-refractivity contribution in [2.24, 2.45) is 0 Å². The van der Waals surface area contributed by atoms with Crippen LogP contribution in [-0.2, 0) is 9.84 Å². The van der Waals surface area contributed by atoms with Crippen LogP contribution >= 0.6 is 11.6 Å². The number of H-pyrrole nitrogens is 1. The predicted molar refractivity (Wildman–Crippen MR) is 122 cm³/mol. The molecule has 0 bridgehead atoms. The molecule has 9 heteroatoms. The average Bonchev–Trinajstić information content (AvgIpc) is 3.18. The average molecular weight is 450 g/mol. The summed E-state index contributed by atoms with van der Waals surface area (Å²) in [7, 11) is -3.32. The number of aromatic nitrogens is 4. The number of aromatic amines is 1. The van der Waals surface area contributed by atoms with Crippen LogP contribution in [0.1, 0.15) is 0 Å². The number of para-hydroxylation sites is 2. The number of rotatable bonds is 4. The molecule has 31 heavy (non-hydrogen) atoms. The largest absolute Gasteiger partial charge is 0.340 e. The number of fused-ring (bicyclic) bond motifs is 2. The van der Waals surface area contributed by atoms with E-state index < -0.39 is 9.84 Å². The molecule has 0 aliphatic rings. The van der Waals surface area contributed by atoms with Gasteiger partial charge < -0.3 is 10.3 Å². The Kier molecular flexibility index (Phi) is 4.60. The van der Waals surface area contributed by atoms with Crippen molar-refractivity contribution in [2.45, 2.75) is 4.90 Å². The molecule has 0 aliphatic heterocycles. The van der Waals surface area contributed by atoms with Gasteiger partial charge in [0.05, 0.1) is 26.5 Å². The summed E-state index contributed by atoms with van der Waals surface area (Å²) in [5.74, 6) is 1.23. The van der Waals surface area contributed by atoms with Crippen molar-refractivity contribution in [2.75, 3.05) is 11.6 Å². The summed E-state index contributed by atoms with van der Waals surface area (Å²) in [4.78, 5) is 16.7. The fraction of sp³-hybridized carbons (Fsp3) is 0.0455. The number of nitrogens with zero attached hydrogens (tertiary/aromatic N) is 3. The van der Waals surface area contributed by atoms with Crippen LogP contribution in [-0.4, -0.2) is 34.6 Å². The quantitative estimate of drug-likeness (QED) is 0.401. The summed E-state index contributed by atoms with van der Waals surface area (Å²) in [6.07, 6.45) is 2.56. The fourth-order valence-corrected chi connectivity index (χ4v) is 4.22. The molecule has 5 rings (SSSR count). The molecule has 5 aromatic rings. The minimum atomic E-state index is -3.32. The number of sulfone groups is 1. The van der Waals surface area contributed by atoms with Crippen LogP contribution in [0.4, 0.5) is 11.5 Å². The molecule has 0 radical (unpaired) electrons. The Hall–Kier alpha value is -3.49. The molecule has 2 heterocycles. The van der Waals surface area contributed by atoms with E-state index in [0.717, 1.165) is 22.3 Å². The first kappa shape index (κ1) is 19.5. The number of nitrogens with one attached hydrogen (secondary N) is 2. The molecule has 3 aromatic carbocycles. The molecule has 2 aromatic heterocycles. The summed E-state index contributed by atoms with van der Waals surface area (Å²) in [5, 5.41) is 4.54. The molecule has 0 saturated heterocycles. The van der Waals surface area contributed by atoms with Gasteiger partial charge in [-0.1, -0.05) is 23.7 Å². The van der Waals surface area contributed by atoms with Crippen molar-refractivity contribution in [3.8, 4) is 11.4 Å². The molecule has 0 atom stereocenters. The van der Waals surface area contributed by atoms with Crippen LogP contribution in [0, 0.1) is 0 Å². The molecule has 2 N–H and O–H groups in total. The topological polar surface area (TPSA) is 101 Å². The Balaban J connectivity index is 1.55. The second-order valence-corrected chi connectivity index (χ2v) is 9.52. The highest BCUT2D eigenvalue weighted by molar-refractivity contribution is 7.90.